The largest absolute Gasteiger partial charge is 0.463 e. The lowest BCUT2D eigenvalue weighted by Crippen LogP contribution is -2.38. The molecule has 2 atom stereocenters. The molecule has 0 aliphatic rings. The third-order valence-electron chi connectivity index (χ3n) is 2.01. The second kappa shape index (κ2) is 9.12. The Hall–Kier alpha value is -0.850. The van der Waals surface area contributed by atoms with E-state index in [1.807, 2.05) is 0 Å². The highest BCUT2D eigenvalue weighted by Crippen LogP contribution is 2.13. The van der Waals surface area contributed by atoms with Crippen LogP contribution < -0.4 is 0 Å². The molecule has 0 bridgehead atoms. The van der Waals surface area contributed by atoms with E-state index in [-0.39, 0.29) is 18.9 Å². The van der Waals surface area contributed by atoms with Crippen molar-refractivity contribution >= 4 is 5.97 Å². The van der Waals surface area contributed by atoms with Gasteiger partial charge in [0.15, 0.2) is 0 Å². The molecule has 0 spiro atoms. The van der Waals surface area contributed by atoms with E-state index in [2.05, 4.69) is 9.68 Å². The van der Waals surface area contributed by atoms with Crippen LogP contribution in [0, 0.1) is 0 Å². The van der Waals surface area contributed by atoms with Crippen LogP contribution >= 0.6 is 0 Å². The normalized spacial score (nSPS) is 15.1. The van der Waals surface area contributed by atoms with Crippen molar-refractivity contribution in [3.63, 3.8) is 0 Å². The van der Waals surface area contributed by atoms with E-state index in [0.717, 1.165) is 0 Å². The van der Waals surface area contributed by atoms with Crippen LogP contribution in [0.25, 0.3) is 0 Å². The summed E-state index contributed by atoms with van der Waals surface area (Å²) in [6.45, 7) is 4.76. The Morgan fingerprint density at radius 3 is 2.00 bits per heavy atom. The first-order valence-electron chi connectivity index (χ1n) is 5.61. The summed E-state index contributed by atoms with van der Waals surface area (Å²) in [6.07, 6.45) is -2.31. The van der Waals surface area contributed by atoms with Gasteiger partial charge in [0.2, 0.25) is 0 Å². The lowest BCUT2D eigenvalue weighted by atomic mass is 10.1. The molecule has 4 N–H and O–H groups in total. The zero-order valence-electron chi connectivity index (χ0n) is 11.0. The molecule has 10 nitrogen and oxygen atoms in total. The maximum Gasteiger partial charge on any atom is 0.306 e. The van der Waals surface area contributed by atoms with E-state index in [0.29, 0.717) is 0 Å². The van der Waals surface area contributed by atoms with Gasteiger partial charge in [0.25, 0.3) is 0 Å². The lowest BCUT2D eigenvalue weighted by Gasteiger charge is -2.24. The zero-order chi connectivity index (χ0) is 15.0. The highest BCUT2D eigenvalue weighted by Gasteiger charge is 2.25. The van der Waals surface area contributed by atoms with Crippen LogP contribution in [0.1, 0.15) is 33.6 Å². The van der Waals surface area contributed by atoms with E-state index in [4.69, 9.17) is 25.6 Å². The molecular weight excluding hydrogens is 264 g/mol. The topological polar surface area (TPSA) is 132 Å². The van der Waals surface area contributed by atoms with Crippen molar-refractivity contribution in [2.24, 2.45) is 0 Å². The minimum absolute atomic E-state index is 0.0121. The number of hydrogen-bond acceptors (Lipinski definition) is 10. The molecule has 0 heterocycles. The molecule has 19 heavy (non-hydrogen) atoms. The first kappa shape index (κ1) is 18.1. The number of esters is 1. The summed E-state index contributed by atoms with van der Waals surface area (Å²) in [7, 11) is 0. The second-order valence-electron chi connectivity index (χ2n) is 4.04. The number of hydrogen-bond donors (Lipinski definition) is 4. The Kier molecular flexibility index (Phi) is 8.71. The molecule has 0 amide bonds. The van der Waals surface area contributed by atoms with Gasteiger partial charge in [-0.3, -0.25) is 25.6 Å². The molecule has 0 aliphatic carbocycles. The lowest BCUT2D eigenvalue weighted by molar-refractivity contribution is -0.537. The van der Waals surface area contributed by atoms with Gasteiger partial charge in [-0.1, -0.05) is 0 Å². The maximum atomic E-state index is 11.3. The molecule has 10 heteroatoms. The predicted molar refractivity (Wildman–Crippen MR) is 56.7 cm³/mol. The van der Waals surface area contributed by atoms with Gasteiger partial charge in [0, 0.05) is 6.42 Å². The molecule has 0 aliphatic heterocycles. The van der Waals surface area contributed by atoms with E-state index in [1.54, 1.807) is 13.8 Å². The van der Waals surface area contributed by atoms with Gasteiger partial charge in [-0.2, -0.15) is 0 Å². The van der Waals surface area contributed by atoms with Crippen LogP contribution in [-0.4, -0.2) is 55.9 Å². The third-order valence-corrected chi connectivity index (χ3v) is 2.01. The van der Waals surface area contributed by atoms with Crippen molar-refractivity contribution < 1.29 is 40.0 Å². The number of rotatable bonds is 9. The number of carbonyl (C=O) groups excluding carboxylic acids is 1. The van der Waals surface area contributed by atoms with Crippen molar-refractivity contribution in [3.8, 4) is 0 Å². The fourth-order valence-corrected chi connectivity index (χ4v) is 1.29. The van der Waals surface area contributed by atoms with Gasteiger partial charge in [0.05, 0.1) is 16.9 Å². The van der Waals surface area contributed by atoms with Crippen molar-refractivity contribution in [2.45, 2.75) is 51.9 Å². The Labute approximate surface area is 110 Å². The van der Waals surface area contributed by atoms with Crippen molar-refractivity contribution in [3.05, 3.63) is 0 Å². The summed E-state index contributed by atoms with van der Waals surface area (Å²) in [5.74, 6) is -0.497. The Bertz CT molecular complexity index is 261. The summed E-state index contributed by atoms with van der Waals surface area (Å²) in [5, 5.41) is 33.0. The highest BCUT2D eigenvalue weighted by molar-refractivity contribution is 5.69. The van der Waals surface area contributed by atoms with Crippen LogP contribution in [0.5, 0.6) is 0 Å². The molecule has 0 rings (SSSR count). The molecule has 0 unspecified atom stereocenters. The number of ether oxygens (including phenoxy) is 1. The molecule has 0 aromatic carbocycles. The minimum atomic E-state index is -1.02. The van der Waals surface area contributed by atoms with E-state index in [9.17, 15) is 4.79 Å². The van der Waals surface area contributed by atoms with Crippen LogP contribution in [0.3, 0.4) is 0 Å². The van der Waals surface area contributed by atoms with Crippen LogP contribution in [0.4, 0.5) is 0 Å². The van der Waals surface area contributed by atoms with Crippen molar-refractivity contribution in [2.75, 3.05) is 0 Å². The molecule has 114 valence electrons. The highest BCUT2D eigenvalue weighted by atomic mass is 17.1. The van der Waals surface area contributed by atoms with Gasteiger partial charge in [-0.25, -0.2) is 9.68 Å². The van der Waals surface area contributed by atoms with Gasteiger partial charge in [-0.05, 0) is 27.2 Å². The monoisotopic (exact) mass is 284 g/mol. The van der Waals surface area contributed by atoms with Gasteiger partial charge in [-0.15, -0.1) is 0 Å². The molecule has 0 saturated carbocycles. The molecule has 0 aromatic heterocycles. The molecule has 0 radical (unpaired) electrons. The first-order valence-corrected chi connectivity index (χ1v) is 5.61. The summed E-state index contributed by atoms with van der Waals surface area (Å²) in [6, 6.07) is 0. The second-order valence-corrected chi connectivity index (χ2v) is 4.04. The summed E-state index contributed by atoms with van der Waals surface area (Å²) in [5.41, 5.74) is 0. The van der Waals surface area contributed by atoms with Crippen molar-refractivity contribution in [1.82, 2.24) is 10.8 Å². The van der Waals surface area contributed by atoms with E-state index < -0.39 is 29.0 Å². The van der Waals surface area contributed by atoms with Crippen LogP contribution in [-0.2, 0) is 19.2 Å². The van der Waals surface area contributed by atoms with Gasteiger partial charge < -0.3 is 4.74 Å². The molecule has 0 saturated heterocycles. The minimum Gasteiger partial charge on any atom is -0.463 e. The van der Waals surface area contributed by atoms with Crippen LogP contribution in [0.2, 0.25) is 0 Å². The zero-order valence-corrected chi connectivity index (χ0v) is 11.0. The summed E-state index contributed by atoms with van der Waals surface area (Å²) >= 11 is 0. The molecule has 0 aromatic rings. The van der Waals surface area contributed by atoms with Crippen LogP contribution in [0.15, 0.2) is 0 Å². The van der Waals surface area contributed by atoms with E-state index in [1.165, 1.54) is 6.92 Å². The van der Waals surface area contributed by atoms with E-state index >= 15 is 0 Å². The summed E-state index contributed by atoms with van der Waals surface area (Å²) in [4.78, 5) is 20.3. The Balaban J connectivity index is 4.30. The average molecular weight is 284 g/mol. The fourth-order valence-electron chi connectivity index (χ4n) is 1.29. The Morgan fingerprint density at radius 1 is 1.05 bits per heavy atom. The van der Waals surface area contributed by atoms with Crippen molar-refractivity contribution in [1.29, 1.82) is 0 Å². The molecule has 0 fully saturated rings. The number of nitrogens with zero attached hydrogens (tertiary/aromatic N) is 2. The quantitative estimate of drug-likeness (QED) is 0.350. The third kappa shape index (κ3) is 9.69. The average Bonchev–Trinajstić information content (AvgIpc) is 2.21. The fraction of sp³-hybridized carbons (Fsp3) is 0.889. The maximum absolute atomic E-state index is 11.3. The van der Waals surface area contributed by atoms with Gasteiger partial charge in [0.1, 0.15) is 12.2 Å². The Morgan fingerprint density at radius 2 is 1.58 bits per heavy atom. The SMILES string of the molecule is CC(C)OC(=O)CC[C@@H](ON(O)O)[C@H](C)ON(O)O. The summed E-state index contributed by atoms with van der Waals surface area (Å²) < 4.78 is 4.88. The number of carbonyl (C=O) groups is 1. The standard InChI is InChI=1S/C9H20N2O8/c1-6(2)17-9(12)5-4-8(19-11(15)16)7(3)18-10(13)14/h6-8,13-16H,4-5H2,1-3H3/t7-,8+/m0/s1. The smallest absolute Gasteiger partial charge is 0.306 e. The predicted octanol–water partition coefficient (Wildman–Crippen LogP) is 0.499. The first-order chi connectivity index (χ1) is 8.72. The van der Waals surface area contributed by atoms with Gasteiger partial charge >= 0.3 is 5.97 Å². The molecular formula is C9H20N2O8.